The molecule has 0 aromatic heterocycles. The molecule has 192 valence electrons. The van der Waals surface area contributed by atoms with Crippen molar-refractivity contribution in [3.8, 4) is 0 Å². The highest BCUT2D eigenvalue weighted by Crippen LogP contribution is 2.37. The zero-order chi connectivity index (χ0) is 25.3. The van der Waals surface area contributed by atoms with Gasteiger partial charge in [-0.05, 0) is 50.1 Å². The summed E-state index contributed by atoms with van der Waals surface area (Å²) >= 11 is 0. The first-order chi connectivity index (χ1) is 16.7. The summed E-state index contributed by atoms with van der Waals surface area (Å²) in [6.07, 6.45) is -0.251. The number of likely N-dealkylation sites (tertiary alicyclic amines) is 1. The number of nitrogens with two attached hydrogens (primary N) is 1. The number of piperazine rings is 1. The van der Waals surface area contributed by atoms with Gasteiger partial charge >= 0.3 is 0 Å². The number of hydrogen-bond donors (Lipinski definition) is 1. The highest BCUT2D eigenvalue weighted by Gasteiger charge is 2.53. The molecule has 1 aromatic carbocycles. The Bertz CT molecular complexity index is 959. The first-order valence-electron chi connectivity index (χ1n) is 12.6. The van der Waals surface area contributed by atoms with Gasteiger partial charge in [0, 0.05) is 44.0 Å². The van der Waals surface area contributed by atoms with Crippen molar-refractivity contribution in [3.05, 3.63) is 29.3 Å². The van der Waals surface area contributed by atoms with Crippen LogP contribution in [0.25, 0.3) is 0 Å². The largest absolute Gasteiger partial charge is 0.374 e. The number of primary amides is 1. The van der Waals surface area contributed by atoms with E-state index < -0.39 is 24.0 Å². The zero-order valence-electron chi connectivity index (χ0n) is 21.2. The molecule has 35 heavy (non-hydrogen) atoms. The van der Waals surface area contributed by atoms with E-state index in [0.717, 1.165) is 31.9 Å². The number of anilines is 1. The van der Waals surface area contributed by atoms with Crippen molar-refractivity contribution in [1.29, 1.82) is 0 Å². The molecule has 3 aliphatic rings. The second kappa shape index (κ2) is 10.6. The molecule has 9 heteroatoms. The van der Waals surface area contributed by atoms with Crippen LogP contribution in [0, 0.1) is 5.92 Å². The third kappa shape index (κ3) is 5.22. The number of amides is 2. The Kier molecular flexibility index (Phi) is 7.78. The fourth-order valence-electron chi connectivity index (χ4n) is 5.56. The fraction of sp³-hybridized carbons (Fsp3) is 0.654. The Morgan fingerprint density at radius 2 is 1.91 bits per heavy atom. The van der Waals surface area contributed by atoms with Gasteiger partial charge in [0.2, 0.25) is 11.8 Å². The second-order valence-corrected chi connectivity index (χ2v) is 10.3. The van der Waals surface area contributed by atoms with Crippen molar-refractivity contribution >= 4 is 23.3 Å². The van der Waals surface area contributed by atoms with Crippen LogP contribution < -0.4 is 10.6 Å². The van der Waals surface area contributed by atoms with Gasteiger partial charge in [0.1, 0.15) is 24.9 Å². The number of ether oxygens (including phenoxy) is 2. The average molecular weight is 487 g/mol. The minimum atomic E-state index is -0.647. The maximum absolute atomic E-state index is 14.1. The molecule has 3 heterocycles. The highest BCUT2D eigenvalue weighted by molar-refractivity contribution is 5.99. The van der Waals surface area contributed by atoms with Crippen LogP contribution in [-0.4, -0.2) is 98.6 Å². The number of likely N-dealkylation sites (N-methyl/N-ethyl adjacent to an activating group) is 1. The first kappa shape index (κ1) is 25.6. The monoisotopic (exact) mass is 486 g/mol. The van der Waals surface area contributed by atoms with Crippen molar-refractivity contribution in [3.63, 3.8) is 0 Å². The molecular formula is C26H38N4O5. The Hall–Kier alpha value is -2.49. The van der Waals surface area contributed by atoms with Crippen molar-refractivity contribution in [2.24, 2.45) is 11.7 Å². The summed E-state index contributed by atoms with van der Waals surface area (Å²) in [5.74, 6) is -1.24. The molecule has 1 aromatic rings. The number of fused-ring (bicyclic) bond motifs is 1. The number of rotatable bonds is 8. The van der Waals surface area contributed by atoms with Gasteiger partial charge in [-0.1, -0.05) is 13.8 Å². The molecule has 0 saturated carbocycles. The van der Waals surface area contributed by atoms with E-state index in [2.05, 4.69) is 16.8 Å². The smallest absolute Gasteiger partial charge is 0.249 e. The van der Waals surface area contributed by atoms with E-state index in [1.165, 1.54) is 0 Å². The molecule has 3 fully saturated rings. The number of hydrogen-bond acceptors (Lipinski definition) is 7. The quantitative estimate of drug-likeness (QED) is 0.590. The molecule has 2 N–H and O–H groups in total. The molecule has 0 aliphatic carbocycles. The molecule has 0 bridgehead atoms. The third-order valence-electron chi connectivity index (χ3n) is 7.35. The van der Waals surface area contributed by atoms with Gasteiger partial charge in [-0.25, -0.2) is 0 Å². The van der Waals surface area contributed by atoms with Crippen LogP contribution in [0.3, 0.4) is 0 Å². The highest BCUT2D eigenvalue weighted by atomic mass is 16.6. The number of Topliss-reactive ketones (excluding diaryl/α,β-unsaturated/α-hetero) is 1. The van der Waals surface area contributed by atoms with Gasteiger partial charge in [0.05, 0.1) is 12.5 Å². The number of ketones is 1. The standard InChI is InChI=1S/C26H38N4O5/c1-5-34-22-14-30(23-21(31)15-35-24(22)23)26(33)20(12-16(2)3)19-13-17(6-7-18(19)25(27)32)29-10-8-28(4)9-11-29/h6-7,13,16,20,22-24H,5,8-12,14-15H2,1-4H3,(H2,27,32)/t20-,22-,23+,24+/m0/s1. The number of carbonyl (C=O) groups excluding carboxylic acids is 3. The molecule has 3 saturated heterocycles. The predicted octanol–water partition coefficient (Wildman–Crippen LogP) is 1.25. The van der Waals surface area contributed by atoms with Gasteiger partial charge in [-0.15, -0.1) is 0 Å². The van der Waals surface area contributed by atoms with Gasteiger partial charge in [0.15, 0.2) is 5.78 Å². The van der Waals surface area contributed by atoms with E-state index in [1.54, 1.807) is 11.0 Å². The van der Waals surface area contributed by atoms with Crippen LogP contribution >= 0.6 is 0 Å². The van der Waals surface area contributed by atoms with E-state index in [-0.39, 0.29) is 30.3 Å². The van der Waals surface area contributed by atoms with Crippen LogP contribution in [0.2, 0.25) is 0 Å². The van der Waals surface area contributed by atoms with E-state index in [9.17, 15) is 14.4 Å². The SMILES string of the molecule is CCO[C@H]1CN(C(=O)[C@@H](CC(C)C)c2cc(N3CCN(C)CC3)ccc2C(N)=O)[C@@H]2C(=O)CO[C@H]12. The Morgan fingerprint density at radius 3 is 2.54 bits per heavy atom. The molecule has 2 amide bonds. The summed E-state index contributed by atoms with van der Waals surface area (Å²) < 4.78 is 11.5. The normalized spacial score (nSPS) is 25.9. The Morgan fingerprint density at radius 1 is 1.20 bits per heavy atom. The van der Waals surface area contributed by atoms with Crippen LogP contribution in [0.5, 0.6) is 0 Å². The lowest BCUT2D eigenvalue weighted by molar-refractivity contribution is -0.138. The lowest BCUT2D eigenvalue weighted by Crippen LogP contribution is -2.45. The van der Waals surface area contributed by atoms with E-state index in [4.69, 9.17) is 15.2 Å². The maximum atomic E-state index is 14.1. The number of nitrogens with zero attached hydrogens (tertiary/aromatic N) is 3. The molecule has 4 atom stereocenters. The van der Waals surface area contributed by atoms with E-state index in [0.29, 0.717) is 30.7 Å². The van der Waals surface area contributed by atoms with Gasteiger partial charge in [-0.3, -0.25) is 14.4 Å². The average Bonchev–Trinajstić information content (AvgIpc) is 3.38. The minimum absolute atomic E-state index is 0.0110. The summed E-state index contributed by atoms with van der Waals surface area (Å²) in [5, 5.41) is 0. The summed E-state index contributed by atoms with van der Waals surface area (Å²) in [6.45, 7) is 10.4. The van der Waals surface area contributed by atoms with E-state index >= 15 is 0 Å². The topological polar surface area (TPSA) is 105 Å². The van der Waals surface area contributed by atoms with Gasteiger partial charge < -0.3 is 29.9 Å². The fourth-order valence-corrected chi connectivity index (χ4v) is 5.56. The molecule has 0 spiro atoms. The van der Waals surface area contributed by atoms with Crippen molar-refractivity contribution in [1.82, 2.24) is 9.80 Å². The Labute approximate surface area is 207 Å². The zero-order valence-corrected chi connectivity index (χ0v) is 21.2. The minimum Gasteiger partial charge on any atom is -0.374 e. The maximum Gasteiger partial charge on any atom is 0.249 e. The molecule has 4 rings (SSSR count). The third-order valence-corrected chi connectivity index (χ3v) is 7.35. The Balaban J connectivity index is 1.70. The molecule has 0 radical (unpaired) electrons. The summed E-state index contributed by atoms with van der Waals surface area (Å²) in [6, 6.07) is 4.96. The first-order valence-corrected chi connectivity index (χ1v) is 12.6. The molecule has 0 unspecified atom stereocenters. The van der Waals surface area contributed by atoms with Crippen LogP contribution in [-0.2, 0) is 19.1 Å². The molecule has 9 nitrogen and oxygen atoms in total. The second-order valence-electron chi connectivity index (χ2n) is 10.3. The summed E-state index contributed by atoms with van der Waals surface area (Å²) in [7, 11) is 2.10. The predicted molar refractivity (Wildman–Crippen MR) is 133 cm³/mol. The lowest BCUT2D eigenvalue weighted by atomic mass is 9.85. The lowest BCUT2D eigenvalue weighted by Gasteiger charge is -2.35. The number of carbonyl (C=O) groups is 3. The van der Waals surface area contributed by atoms with Gasteiger partial charge in [-0.2, -0.15) is 0 Å². The van der Waals surface area contributed by atoms with Crippen molar-refractivity contribution in [2.45, 2.75) is 51.4 Å². The molecule has 3 aliphatic heterocycles. The van der Waals surface area contributed by atoms with Gasteiger partial charge in [0.25, 0.3) is 0 Å². The van der Waals surface area contributed by atoms with Crippen LogP contribution in [0.15, 0.2) is 18.2 Å². The number of benzene rings is 1. The molecular weight excluding hydrogens is 448 g/mol. The summed E-state index contributed by atoms with van der Waals surface area (Å²) in [4.78, 5) is 45.4. The van der Waals surface area contributed by atoms with Crippen molar-refractivity contribution < 1.29 is 23.9 Å². The summed E-state index contributed by atoms with van der Waals surface area (Å²) in [5.41, 5.74) is 7.74. The van der Waals surface area contributed by atoms with E-state index in [1.807, 2.05) is 32.9 Å². The van der Waals surface area contributed by atoms with Crippen molar-refractivity contribution in [2.75, 3.05) is 57.9 Å². The van der Waals surface area contributed by atoms with Crippen LogP contribution in [0.4, 0.5) is 5.69 Å². The van der Waals surface area contributed by atoms with Crippen LogP contribution in [0.1, 0.15) is 49.0 Å².